The zero-order chi connectivity index (χ0) is 25.8. The maximum absolute atomic E-state index is 12.6. The Kier molecular flexibility index (Phi) is 7.49. The molecule has 1 heterocycles. The Morgan fingerprint density at radius 1 is 1.06 bits per heavy atom. The first-order valence-corrected chi connectivity index (χ1v) is 11.9. The molecule has 3 aromatic carbocycles. The summed E-state index contributed by atoms with van der Waals surface area (Å²) >= 11 is 2.04. The highest BCUT2D eigenvalue weighted by molar-refractivity contribution is 14.1. The predicted octanol–water partition coefficient (Wildman–Crippen LogP) is 5.13. The molecule has 0 unspecified atom stereocenters. The number of aliphatic imine (C=N–C) groups is 1. The Morgan fingerprint density at radius 3 is 2.39 bits per heavy atom. The van der Waals surface area contributed by atoms with Crippen molar-refractivity contribution in [3.05, 3.63) is 92.2 Å². The van der Waals surface area contributed by atoms with Crippen LogP contribution in [0.4, 0.5) is 5.69 Å². The molecule has 0 atom stereocenters. The third-order valence-corrected chi connectivity index (χ3v) is 5.91. The van der Waals surface area contributed by atoms with Gasteiger partial charge in [-0.1, -0.05) is 17.7 Å². The van der Waals surface area contributed by atoms with Gasteiger partial charge in [0.25, 0.3) is 0 Å². The second-order valence-electron chi connectivity index (χ2n) is 7.88. The van der Waals surface area contributed by atoms with Gasteiger partial charge in [-0.05, 0) is 89.7 Å². The topological polar surface area (TPSA) is 103 Å². The molecule has 0 spiro atoms. The van der Waals surface area contributed by atoms with Crippen LogP contribution in [0.3, 0.4) is 0 Å². The van der Waals surface area contributed by atoms with Crippen molar-refractivity contribution >= 4 is 58.1 Å². The van der Waals surface area contributed by atoms with Crippen molar-refractivity contribution in [2.75, 3.05) is 12.4 Å². The summed E-state index contributed by atoms with van der Waals surface area (Å²) in [6, 6.07) is 17.2. The van der Waals surface area contributed by atoms with E-state index >= 15 is 0 Å². The predicted molar refractivity (Wildman–Crippen MR) is 143 cm³/mol. The lowest BCUT2D eigenvalue weighted by molar-refractivity contribution is -0.129. The van der Waals surface area contributed by atoms with Crippen molar-refractivity contribution in [2.45, 2.75) is 13.8 Å². The van der Waals surface area contributed by atoms with Gasteiger partial charge in [-0.2, -0.15) is 0 Å². The highest BCUT2D eigenvalue weighted by atomic mass is 127. The van der Waals surface area contributed by atoms with Gasteiger partial charge in [0.2, 0.25) is 11.8 Å². The molecule has 36 heavy (non-hydrogen) atoms. The molecule has 8 nitrogen and oxygen atoms in total. The summed E-state index contributed by atoms with van der Waals surface area (Å²) in [6.45, 7) is 3.36. The number of cyclic esters (lactones) is 1. The standard InChI is InChI=1S/C27H21IN2O6/c1-15-4-6-19(7-5-15)26(32)35-24-21(28)12-17(14-23(24)34-3)13-22-27(33)36-25(30-22)18-8-10-20(11-9-18)29-16(2)31/h4-14H,1-3H3,(H,29,31)/b22-13-. The summed E-state index contributed by atoms with van der Waals surface area (Å²) < 4.78 is 17.0. The number of nitrogens with zero attached hydrogens (tertiary/aromatic N) is 1. The number of amides is 1. The van der Waals surface area contributed by atoms with Crippen molar-refractivity contribution in [3.63, 3.8) is 0 Å². The summed E-state index contributed by atoms with van der Waals surface area (Å²) in [6.07, 6.45) is 1.57. The fourth-order valence-corrected chi connectivity index (χ4v) is 4.09. The van der Waals surface area contributed by atoms with Gasteiger partial charge in [0.05, 0.1) is 16.2 Å². The number of nitrogens with one attached hydrogen (secondary N) is 1. The molecular weight excluding hydrogens is 575 g/mol. The SMILES string of the molecule is COc1cc(/C=C2\N=C(c3ccc(NC(C)=O)cc3)OC2=O)cc(I)c1OC(=O)c1ccc(C)cc1. The summed E-state index contributed by atoms with van der Waals surface area (Å²) in [5, 5.41) is 2.67. The van der Waals surface area contributed by atoms with Gasteiger partial charge < -0.3 is 19.5 Å². The number of methoxy groups -OCH3 is 1. The lowest BCUT2D eigenvalue weighted by Crippen LogP contribution is -2.10. The van der Waals surface area contributed by atoms with Crippen molar-refractivity contribution in [3.8, 4) is 11.5 Å². The number of rotatable bonds is 6. The minimum absolute atomic E-state index is 0.109. The van der Waals surface area contributed by atoms with Crippen LogP contribution in [-0.4, -0.2) is 30.9 Å². The molecule has 4 rings (SSSR count). The monoisotopic (exact) mass is 596 g/mol. The third kappa shape index (κ3) is 5.80. The van der Waals surface area contributed by atoms with E-state index in [0.29, 0.717) is 31.7 Å². The first-order valence-electron chi connectivity index (χ1n) is 10.8. The average Bonchev–Trinajstić information content (AvgIpc) is 3.21. The van der Waals surface area contributed by atoms with Gasteiger partial charge in [-0.25, -0.2) is 14.6 Å². The summed E-state index contributed by atoms with van der Waals surface area (Å²) in [5.74, 6) is -0.513. The number of anilines is 1. The Labute approximate surface area is 221 Å². The van der Waals surface area contributed by atoms with E-state index in [1.165, 1.54) is 14.0 Å². The molecular formula is C27H21IN2O6. The van der Waals surface area contributed by atoms with E-state index in [0.717, 1.165) is 5.56 Å². The smallest absolute Gasteiger partial charge is 0.363 e. The van der Waals surface area contributed by atoms with E-state index in [1.54, 1.807) is 54.6 Å². The van der Waals surface area contributed by atoms with Crippen LogP contribution in [0.2, 0.25) is 0 Å². The highest BCUT2D eigenvalue weighted by Crippen LogP contribution is 2.35. The number of carbonyl (C=O) groups excluding carboxylic acids is 3. The van der Waals surface area contributed by atoms with Crippen LogP contribution in [0.15, 0.2) is 71.4 Å². The molecule has 1 aliphatic rings. The largest absolute Gasteiger partial charge is 0.493 e. The molecule has 1 N–H and O–H groups in total. The Balaban J connectivity index is 1.57. The van der Waals surface area contributed by atoms with Gasteiger partial charge in [-0.15, -0.1) is 0 Å². The van der Waals surface area contributed by atoms with Crippen molar-refractivity contribution in [2.24, 2.45) is 4.99 Å². The normalized spacial score (nSPS) is 13.7. The number of benzene rings is 3. The van der Waals surface area contributed by atoms with E-state index in [9.17, 15) is 14.4 Å². The number of halogens is 1. The summed E-state index contributed by atoms with van der Waals surface area (Å²) in [4.78, 5) is 40.6. The quantitative estimate of drug-likeness (QED) is 0.183. The molecule has 0 saturated heterocycles. The summed E-state index contributed by atoms with van der Waals surface area (Å²) in [5.41, 5.74) is 3.39. The van der Waals surface area contributed by atoms with Gasteiger partial charge in [0.15, 0.2) is 17.2 Å². The zero-order valence-electron chi connectivity index (χ0n) is 19.6. The van der Waals surface area contributed by atoms with Gasteiger partial charge in [-0.3, -0.25) is 4.79 Å². The molecule has 1 amide bonds. The van der Waals surface area contributed by atoms with Crippen LogP contribution < -0.4 is 14.8 Å². The molecule has 0 bridgehead atoms. The number of aryl methyl sites for hydroxylation is 1. The molecule has 0 saturated carbocycles. The minimum Gasteiger partial charge on any atom is -0.493 e. The first-order chi connectivity index (χ1) is 17.2. The van der Waals surface area contributed by atoms with E-state index in [1.807, 2.05) is 41.6 Å². The number of esters is 2. The Bertz CT molecular complexity index is 1410. The van der Waals surface area contributed by atoms with E-state index in [2.05, 4.69) is 10.3 Å². The van der Waals surface area contributed by atoms with Crippen molar-refractivity contribution in [1.82, 2.24) is 0 Å². The summed E-state index contributed by atoms with van der Waals surface area (Å²) in [7, 11) is 1.47. The molecule has 182 valence electrons. The highest BCUT2D eigenvalue weighted by Gasteiger charge is 2.25. The average molecular weight is 596 g/mol. The van der Waals surface area contributed by atoms with Crippen LogP contribution in [-0.2, 0) is 14.3 Å². The minimum atomic E-state index is -0.597. The van der Waals surface area contributed by atoms with Crippen LogP contribution in [0, 0.1) is 10.5 Å². The molecule has 9 heteroatoms. The van der Waals surface area contributed by atoms with Gasteiger partial charge >= 0.3 is 11.9 Å². The number of ether oxygens (including phenoxy) is 3. The molecule has 3 aromatic rings. The molecule has 1 aliphatic heterocycles. The van der Waals surface area contributed by atoms with Gasteiger partial charge in [0.1, 0.15) is 0 Å². The first kappa shape index (κ1) is 25.1. The zero-order valence-corrected chi connectivity index (χ0v) is 21.8. The number of hydrogen-bond donors (Lipinski definition) is 1. The number of hydrogen-bond acceptors (Lipinski definition) is 7. The van der Waals surface area contributed by atoms with Crippen LogP contribution in [0.25, 0.3) is 6.08 Å². The van der Waals surface area contributed by atoms with E-state index in [-0.39, 0.29) is 23.3 Å². The second kappa shape index (κ2) is 10.7. The lowest BCUT2D eigenvalue weighted by atomic mass is 10.1. The Hall–Kier alpha value is -3.99. The molecule has 0 radical (unpaired) electrons. The van der Waals surface area contributed by atoms with E-state index < -0.39 is 11.9 Å². The fourth-order valence-electron chi connectivity index (χ4n) is 3.35. The van der Waals surface area contributed by atoms with Crippen LogP contribution in [0.1, 0.15) is 34.0 Å². The maximum Gasteiger partial charge on any atom is 0.363 e. The second-order valence-corrected chi connectivity index (χ2v) is 9.05. The lowest BCUT2D eigenvalue weighted by Gasteiger charge is -2.12. The van der Waals surface area contributed by atoms with Crippen molar-refractivity contribution < 1.29 is 28.6 Å². The maximum atomic E-state index is 12.6. The third-order valence-electron chi connectivity index (χ3n) is 5.11. The molecule has 0 fully saturated rings. The Morgan fingerprint density at radius 2 is 1.75 bits per heavy atom. The number of carbonyl (C=O) groups is 3. The molecule has 0 aliphatic carbocycles. The fraction of sp³-hybridized carbons (Fsp3) is 0.111. The van der Waals surface area contributed by atoms with Crippen molar-refractivity contribution in [1.29, 1.82) is 0 Å². The van der Waals surface area contributed by atoms with E-state index in [4.69, 9.17) is 14.2 Å². The van der Waals surface area contributed by atoms with Crippen LogP contribution in [0.5, 0.6) is 11.5 Å². The van der Waals surface area contributed by atoms with Crippen LogP contribution >= 0.6 is 22.6 Å². The van der Waals surface area contributed by atoms with Gasteiger partial charge in [0, 0.05) is 18.2 Å². The molecule has 0 aromatic heterocycles.